The lowest BCUT2D eigenvalue weighted by Gasteiger charge is -2.22. The summed E-state index contributed by atoms with van der Waals surface area (Å²) in [5.41, 5.74) is 1.26. The summed E-state index contributed by atoms with van der Waals surface area (Å²) in [4.78, 5) is 0. The Balaban J connectivity index is 3.00. The van der Waals surface area contributed by atoms with E-state index in [2.05, 4.69) is 48.1 Å². The summed E-state index contributed by atoms with van der Waals surface area (Å²) in [6, 6.07) is 4.13. The standard InChI is InChI=1S/C16H26BrNO2/c1-7-19-14-9-12(10-18-16(4,5)6)8-13(17)15(14)20-11(2)3/h8-9,11,18H,7,10H2,1-6H3. The number of rotatable bonds is 6. The monoisotopic (exact) mass is 343 g/mol. The third-order valence-electron chi connectivity index (χ3n) is 2.55. The van der Waals surface area contributed by atoms with Crippen LogP contribution in [-0.4, -0.2) is 18.2 Å². The molecule has 0 fully saturated rings. The highest BCUT2D eigenvalue weighted by Crippen LogP contribution is 2.37. The first-order valence-electron chi connectivity index (χ1n) is 7.10. The van der Waals surface area contributed by atoms with Crippen LogP contribution >= 0.6 is 15.9 Å². The first-order chi connectivity index (χ1) is 9.23. The Bertz CT molecular complexity index is 439. The predicted molar refractivity (Wildman–Crippen MR) is 87.7 cm³/mol. The highest BCUT2D eigenvalue weighted by molar-refractivity contribution is 9.10. The molecule has 4 heteroatoms. The maximum Gasteiger partial charge on any atom is 0.175 e. The van der Waals surface area contributed by atoms with Crippen LogP contribution in [0, 0.1) is 0 Å². The topological polar surface area (TPSA) is 30.5 Å². The molecule has 0 radical (unpaired) electrons. The molecule has 0 aliphatic heterocycles. The third kappa shape index (κ3) is 5.71. The van der Waals surface area contributed by atoms with E-state index in [0.717, 1.165) is 22.5 Å². The highest BCUT2D eigenvalue weighted by Gasteiger charge is 2.15. The van der Waals surface area contributed by atoms with Crippen LogP contribution in [0.1, 0.15) is 47.1 Å². The fraction of sp³-hybridized carbons (Fsp3) is 0.625. The van der Waals surface area contributed by atoms with Crippen LogP contribution in [0.15, 0.2) is 16.6 Å². The molecule has 0 aliphatic rings. The van der Waals surface area contributed by atoms with Crippen LogP contribution in [-0.2, 0) is 6.54 Å². The molecule has 0 bridgehead atoms. The lowest BCUT2D eigenvalue weighted by molar-refractivity contribution is 0.222. The van der Waals surface area contributed by atoms with Gasteiger partial charge >= 0.3 is 0 Å². The lowest BCUT2D eigenvalue weighted by atomic mass is 10.1. The molecule has 0 heterocycles. The second-order valence-corrected chi connectivity index (χ2v) is 6.96. The molecule has 1 N–H and O–H groups in total. The zero-order chi connectivity index (χ0) is 15.3. The summed E-state index contributed by atoms with van der Waals surface area (Å²) >= 11 is 3.58. The van der Waals surface area contributed by atoms with Crippen molar-refractivity contribution in [1.82, 2.24) is 5.32 Å². The average Bonchev–Trinajstić information content (AvgIpc) is 2.30. The zero-order valence-electron chi connectivity index (χ0n) is 13.3. The molecular weight excluding hydrogens is 318 g/mol. The van der Waals surface area contributed by atoms with Crippen molar-refractivity contribution in [3.63, 3.8) is 0 Å². The first kappa shape index (κ1) is 17.3. The molecule has 0 aromatic heterocycles. The number of ether oxygens (including phenoxy) is 2. The Morgan fingerprint density at radius 3 is 2.40 bits per heavy atom. The van der Waals surface area contributed by atoms with E-state index in [1.54, 1.807) is 0 Å². The Kier molecular flexibility index (Phi) is 6.34. The quantitative estimate of drug-likeness (QED) is 0.823. The summed E-state index contributed by atoms with van der Waals surface area (Å²) in [6.07, 6.45) is 0.115. The first-order valence-corrected chi connectivity index (χ1v) is 7.89. The van der Waals surface area contributed by atoms with Crippen molar-refractivity contribution in [3.05, 3.63) is 22.2 Å². The van der Waals surface area contributed by atoms with Crippen molar-refractivity contribution < 1.29 is 9.47 Å². The van der Waals surface area contributed by atoms with Crippen LogP contribution in [0.4, 0.5) is 0 Å². The van der Waals surface area contributed by atoms with Gasteiger partial charge in [-0.05, 0) is 75.2 Å². The van der Waals surface area contributed by atoms with E-state index in [1.165, 1.54) is 5.56 Å². The van der Waals surface area contributed by atoms with Gasteiger partial charge in [-0.3, -0.25) is 0 Å². The van der Waals surface area contributed by atoms with Crippen LogP contribution in [0.5, 0.6) is 11.5 Å². The van der Waals surface area contributed by atoms with Gasteiger partial charge in [0.2, 0.25) is 0 Å². The van der Waals surface area contributed by atoms with E-state index in [0.29, 0.717) is 6.61 Å². The minimum absolute atomic E-state index is 0.0886. The van der Waals surface area contributed by atoms with Gasteiger partial charge in [-0.1, -0.05) is 0 Å². The van der Waals surface area contributed by atoms with Gasteiger partial charge < -0.3 is 14.8 Å². The molecule has 0 saturated carbocycles. The summed E-state index contributed by atoms with van der Waals surface area (Å²) in [7, 11) is 0. The highest BCUT2D eigenvalue weighted by atomic mass is 79.9. The maximum absolute atomic E-state index is 5.84. The summed E-state index contributed by atoms with van der Waals surface area (Å²) in [5, 5.41) is 3.48. The van der Waals surface area contributed by atoms with Gasteiger partial charge in [-0.25, -0.2) is 0 Å². The number of hydrogen-bond donors (Lipinski definition) is 1. The number of halogens is 1. The van der Waals surface area contributed by atoms with Crippen molar-refractivity contribution in [1.29, 1.82) is 0 Å². The van der Waals surface area contributed by atoms with Gasteiger partial charge in [0.25, 0.3) is 0 Å². The molecule has 114 valence electrons. The molecule has 0 amide bonds. The summed E-state index contributed by atoms with van der Waals surface area (Å²) < 4.78 is 12.5. The second-order valence-electron chi connectivity index (χ2n) is 6.11. The molecule has 1 aromatic rings. The molecular formula is C16H26BrNO2. The van der Waals surface area contributed by atoms with E-state index < -0.39 is 0 Å². The van der Waals surface area contributed by atoms with E-state index in [-0.39, 0.29) is 11.6 Å². The minimum Gasteiger partial charge on any atom is -0.490 e. The van der Waals surface area contributed by atoms with Crippen LogP contribution in [0.3, 0.4) is 0 Å². The van der Waals surface area contributed by atoms with Crippen LogP contribution in [0.2, 0.25) is 0 Å². The molecule has 0 unspecified atom stereocenters. The van der Waals surface area contributed by atoms with Crippen molar-refractivity contribution in [2.75, 3.05) is 6.61 Å². The molecule has 0 aliphatic carbocycles. The fourth-order valence-electron chi connectivity index (χ4n) is 1.70. The van der Waals surface area contributed by atoms with E-state index in [9.17, 15) is 0 Å². The SMILES string of the molecule is CCOc1cc(CNC(C)(C)C)cc(Br)c1OC(C)C. The molecule has 1 aromatic carbocycles. The normalized spacial score (nSPS) is 11.8. The molecule has 0 atom stereocenters. The Labute approximate surface area is 131 Å². The summed E-state index contributed by atoms with van der Waals surface area (Å²) in [6.45, 7) is 13.9. The lowest BCUT2D eigenvalue weighted by Crippen LogP contribution is -2.35. The van der Waals surface area contributed by atoms with Gasteiger partial charge in [0.1, 0.15) is 0 Å². The number of benzene rings is 1. The van der Waals surface area contributed by atoms with Gasteiger partial charge in [0.05, 0.1) is 17.2 Å². The molecule has 3 nitrogen and oxygen atoms in total. The van der Waals surface area contributed by atoms with Crippen LogP contribution in [0.25, 0.3) is 0 Å². The average molecular weight is 344 g/mol. The smallest absolute Gasteiger partial charge is 0.175 e. The van der Waals surface area contributed by atoms with Gasteiger partial charge in [0, 0.05) is 12.1 Å². The second kappa shape index (κ2) is 7.32. The molecule has 20 heavy (non-hydrogen) atoms. The van der Waals surface area contributed by atoms with Crippen molar-refractivity contribution in [3.8, 4) is 11.5 Å². The Morgan fingerprint density at radius 1 is 1.25 bits per heavy atom. The van der Waals surface area contributed by atoms with E-state index >= 15 is 0 Å². The maximum atomic E-state index is 5.84. The number of hydrogen-bond acceptors (Lipinski definition) is 3. The van der Waals surface area contributed by atoms with Crippen molar-refractivity contribution >= 4 is 15.9 Å². The van der Waals surface area contributed by atoms with Crippen molar-refractivity contribution in [2.45, 2.75) is 59.7 Å². The van der Waals surface area contributed by atoms with Gasteiger partial charge in [-0.15, -0.1) is 0 Å². The van der Waals surface area contributed by atoms with Gasteiger partial charge in [-0.2, -0.15) is 0 Å². The van der Waals surface area contributed by atoms with Crippen LogP contribution < -0.4 is 14.8 Å². The third-order valence-corrected chi connectivity index (χ3v) is 3.13. The van der Waals surface area contributed by atoms with Crippen molar-refractivity contribution in [2.24, 2.45) is 0 Å². The molecule has 1 rings (SSSR count). The molecule has 0 spiro atoms. The minimum atomic E-state index is 0.0886. The predicted octanol–water partition coefficient (Wildman–Crippen LogP) is 4.52. The largest absolute Gasteiger partial charge is 0.490 e. The Hall–Kier alpha value is -0.740. The summed E-state index contributed by atoms with van der Waals surface area (Å²) in [5.74, 6) is 1.57. The Morgan fingerprint density at radius 2 is 1.90 bits per heavy atom. The number of nitrogens with one attached hydrogen (secondary N) is 1. The van der Waals surface area contributed by atoms with E-state index in [4.69, 9.17) is 9.47 Å². The fourth-order valence-corrected chi connectivity index (χ4v) is 2.29. The van der Waals surface area contributed by atoms with E-state index in [1.807, 2.05) is 26.8 Å². The molecule has 0 saturated heterocycles. The zero-order valence-corrected chi connectivity index (χ0v) is 14.9. The van der Waals surface area contributed by atoms with Gasteiger partial charge in [0.15, 0.2) is 11.5 Å².